The number of carboxylic acids is 1. The van der Waals surface area contributed by atoms with Crippen molar-refractivity contribution in [1.29, 1.82) is 0 Å². The molecule has 1 rings (SSSR count). The van der Waals surface area contributed by atoms with E-state index >= 15 is 0 Å². The van der Waals surface area contributed by atoms with Crippen molar-refractivity contribution in [2.24, 2.45) is 5.10 Å². The number of benzene rings is 1. The van der Waals surface area contributed by atoms with E-state index in [9.17, 15) is 14.4 Å². The van der Waals surface area contributed by atoms with Crippen LogP contribution < -0.4 is 10.7 Å². The van der Waals surface area contributed by atoms with Crippen LogP contribution >= 0.6 is 0 Å². The zero-order chi connectivity index (χ0) is 16.4. The Morgan fingerprint density at radius 3 is 2.50 bits per heavy atom. The summed E-state index contributed by atoms with van der Waals surface area (Å²) < 4.78 is 4.76. The van der Waals surface area contributed by atoms with Crippen LogP contribution in [0.5, 0.6) is 0 Å². The summed E-state index contributed by atoms with van der Waals surface area (Å²) in [6, 6.07) is 5.96. The first-order valence-electron chi connectivity index (χ1n) is 6.44. The SMILES string of the molecule is COCCNC(=O)CC(=O)N/N=C\c1ccc(C(=O)O)cc1. The van der Waals surface area contributed by atoms with Crippen molar-refractivity contribution in [2.75, 3.05) is 20.3 Å². The van der Waals surface area contributed by atoms with Gasteiger partial charge in [-0.15, -0.1) is 0 Å². The normalized spacial score (nSPS) is 10.4. The standard InChI is InChI=1S/C14H17N3O5/c1-22-7-6-15-12(18)8-13(19)17-16-9-10-2-4-11(5-3-10)14(20)21/h2-5,9H,6-8H2,1H3,(H,15,18)(H,17,19)(H,20,21)/b16-9-. The van der Waals surface area contributed by atoms with E-state index in [2.05, 4.69) is 15.8 Å². The smallest absolute Gasteiger partial charge is 0.335 e. The van der Waals surface area contributed by atoms with Crippen molar-refractivity contribution in [2.45, 2.75) is 6.42 Å². The fourth-order valence-electron chi connectivity index (χ4n) is 1.43. The summed E-state index contributed by atoms with van der Waals surface area (Å²) >= 11 is 0. The monoisotopic (exact) mass is 307 g/mol. The van der Waals surface area contributed by atoms with Gasteiger partial charge in [-0.2, -0.15) is 5.10 Å². The lowest BCUT2D eigenvalue weighted by molar-refractivity contribution is -0.129. The molecule has 0 aliphatic heterocycles. The van der Waals surface area contributed by atoms with Crippen LogP contribution in [0.2, 0.25) is 0 Å². The molecule has 22 heavy (non-hydrogen) atoms. The summed E-state index contributed by atoms with van der Waals surface area (Å²) in [4.78, 5) is 33.4. The Balaban J connectivity index is 2.36. The third-order valence-electron chi connectivity index (χ3n) is 2.51. The molecule has 1 aromatic carbocycles. The number of methoxy groups -OCH3 is 1. The second kappa shape index (κ2) is 9.24. The van der Waals surface area contributed by atoms with Crippen molar-refractivity contribution in [3.8, 4) is 0 Å². The Morgan fingerprint density at radius 1 is 1.23 bits per heavy atom. The molecule has 0 saturated heterocycles. The molecule has 0 spiro atoms. The highest BCUT2D eigenvalue weighted by Gasteiger charge is 2.07. The second-order valence-corrected chi connectivity index (χ2v) is 4.24. The lowest BCUT2D eigenvalue weighted by Crippen LogP contribution is -2.31. The average molecular weight is 307 g/mol. The van der Waals surface area contributed by atoms with Crippen LogP contribution in [0.1, 0.15) is 22.3 Å². The summed E-state index contributed by atoms with van der Waals surface area (Å²) in [6.45, 7) is 0.708. The van der Waals surface area contributed by atoms with Gasteiger partial charge in [0.25, 0.3) is 0 Å². The molecule has 0 atom stereocenters. The van der Waals surface area contributed by atoms with Gasteiger partial charge in [0, 0.05) is 13.7 Å². The topological polar surface area (TPSA) is 117 Å². The Hall–Kier alpha value is -2.74. The lowest BCUT2D eigenvalue weighted by atomic mass is 10.1. The lowest BCUT2D eigenvalue weighted by Gasteiger charge is -2.03. The van der Waals surface area contributed by atoms with Gasteiger partial charge in [0.1, 0.15) is 6.42 Å². The molecule has 0 aliphatic carbocycles. The molecular weight excluding hydrogens is 290 g/mol. The molecule has 0 bridgehead atoms. The quantitative estimate of drug-likeness (QED) is 0.270. The fraction of sp³-hybridized carbons (Fsp3) is 0.286. The van der Waals surface area contributed by atoms with E-state index in [0.717, 1.165) is 0 Å². The van der Waals surface area contributed by atoms with E-state index in [-0.39, 0.29) is 12.0 Å². The largest absolute Gasteiger partial charge is 0.478 e. The molecular formula is C14H17N3O5. The first-order valence-corrected chi connectivity index (χ1v) is 6.44. The van der Waals surface area contributed by atoms with Gasteiger partial charge in [-0.25, -0.2) is 10.2 Å². The summed E-state index contributed by atoms with van der Waals surface area (Å²) in [5, 5.41) is 14.9. The van der Waals surface area contributed by atoms with Crippen LogP contribution in [0.15, 0.2) is 29.4 Å². The van der Waals surface area contributed by atoms with Crippen molar-refractivity contribution >= 4 is 24.0 Å². The molecule has 0 aromatic heterocycles. The number of hydrazone groups is 1. The fourth-order valence-corrected chi connectivity index (χ4v) is 1.43. The van der Waals surface area contributed by atoms with E-state index in [1.807, 2.05) is 0 Å². The van der Waals surface area contributed by atoms with Crippen LogP contribution in [-0.4, -0.2) is 49.4 Å². The number of nitrogens with one attached hydrogen (secondary N) is 2. The molecule has 2 amide bonds. The molecule has 0 radical (unpaired) electrons. The van der Waals surface area contributed by atoms with Crippen molar-refractivity contribution < 1.29 is 24.2 Å². The van der Waals surface area contributed by atoms with Crippen LogP contribution in [0.3, 0.4) is 0 Å². The predicted molar refractivity (Wildman–Crippen MR) is 78.6 cm³/mol. The summed E-state index contributed by atoms with van der Waals surface area (Å²) in [5.74, 6) is -1.99. The van der Waals surface area contributed by atoms with E-state index in [1.165, 1.54) is 25.5 Å². The van der Waals surface area contributed by atoms with Gasteiger partial charge >= 0.3 is 5.97 Å². The van der Waals surface area contributed by atoms with Crippen molar-refractivity contribution in [1.82, 2.24) is 10.7 Å². The molecule has 0 saturated carbocycles. The summed E-state index contributed by atoms with van der Waals surface area (Å²) in [5.41, 5.74) is 2.99. The van der Waals surface area contributed by atoms with Gasteiger partial charge in [-0.3, -0.25) is 9.59 Å². The predicted octanol–water partition coefficient (Wildman–Crippen LogP) is -0.0124. The molecule has 8 nitrogen and oxygen atoms in total. The zero-order valence-corrected chi connectivity index (χ0v) is 12.0. The highest BCUT2D eigenvalue weighted by atomic mass is 16.5. The minimum absolute atomic E-state index is 0.161. The van der Waals surface area contributed by atoms with E-state index in [1.54, 1.807) is 12.1 Å². The van der Waals surface area contributed by atoms with Crippen LogP contribution in [0.4, 0.5) is 0 Å². The average Bonchev–Trinajstić information content (AvgIpc) is 2.48. The number of ether oxygens (including phenoxy) is 1. The maximum Gasteiger partial charge on any atom is 0.335 e. The van der Waals surface area contributed by atoms with Crippen LogP contribution in [0, 0.1) is 0 Å². The van der Waals surface area contributed by atoms with E-state index < -0.39 is 17.8 Å². The Morgan fingerprint density at radius 2 is 1.91 bits per heavy atom. The molecule has 3 N–H and O–H groups in total. The van der Waals surface area contributed by atoms with Gasteiger partial charge < -0.3 is 15.2 Å². The van der Waals surface area contributed by atoms with Crippen LogP contribution in [-0.2, 0) is 14.3 Å². The third-order valence-corrected chi connectivity index (χ3v) is 2.51. The number of nitrogens with zero attached hydrogens (tertiary/aromatic N) is 1. The van der Waals surface area contributed by atoms with E-state index in [4.69, 9.17) is 9.84 Å². The highest BCUT2D eigenvalue weighted by Crippen LogP contribution is 2.02. The number of carbonyl (C=O) groups is 3. The Kier molecular flexibility index (Phi) is 7.27. The van der Waals surface area contributed by atoms with Gasteiger partial charge in [0.05, 0.1) is 18.4 Å². The van der Waals surface area contributed by atoms with Gasteiger partial charge in [-0.05, 0) is 17.7 Å². The minimum Gasteiger partial charge on any atom is -0.478 e. The maximum absolute atomic E-state index is 11.4. The number of amides is 2. The molecule has 0 unspecified atom stereocenters. The van der Waals surface area contributed by atoms with Gasteiger partial charge in [0.15, 0.2) is 0 Å². The number of hydrogen-bond donors (Lipinski definition) is 3. The number of carbonyl (C=O) groups excluding carboxylic acids is 2. The Bertz CT molecular complexity index is 554. The molecule has 0 fully saturated rings. The third kappa shape index (κ3) is 6.62. The van der Waals surface area contributed by atoms with Crippen molar-refractivity contribution in [3.63, 3.8) is 0 Å². The minimum atomic E-state index is -1.02. The molecule has 1 aromatic rings. The molecule has 0 heterocycles. The van der Waals surface area contributed by atoms with E-state index in [0.29, 0.717) is 18.7 Å². The first kappa shape index (κ1) is 17.3. The van der Waals surface area contributed by atoms with Gasteiger partial charge in [-0.1, -0.05) is 12.1 Å². The summed E-state index contributed by atoms with van der Waals surface area (Å²) in [6.07, 6.45) is 1.02. The molecule has 118 valence electrons. The van der Waals surface area contributed by atoms with Crippen molar-refractivity contribution in [3.05, 3.63) is 35.4 Å². The first-order chi connectivity index (χ1) is 10.5. The molecule has 8 heteroatoms. The zero-order valence-electron chi connectivity index (χ0n) is 12.0. The number of carboxylic acid groups (broad SMARTS) is 1. The number of rotatable bonds is 8. The Labute approximate surface area is 127 Å². The second-order valence-electron chi connectivity index (χ2n) is 4.24. The summed E-state index contributed by atoms with van der Waals surface area (Å²) in [7, 11) is 1.51. The van der Waals surface area contributed by atoms with Gasteiger partial charge in [0.2, 0.25) is 11.8 Å². The number of hydrogen-bond acceptors (Lipinski definition) is 5. The molecule has 0 aliphatic rings. The highest BCUT2D eigenvalue weighted by molar-refractivity contribution is 5.97. The number of aromatic carboxylic acids is 1. The van der Waals surface area contributed by atoms with Crippen LogP contribution in [0.25, 0.3) is 0 Å². The maximum atomic E-state index is 11.4.